The van der Waals surface area contributed by atoms with E-state index in [0.717, 1.165) is 6.92 Å². The quantitative estimate of drug-likeness (QED) is 0.239. The number of ether oxygens (including phenoxy) is 3. The minimum absolute atomic E-state index is 0.00972. The van der Waals surface area contributed by atoms with Crippen molar-refractivity contribution in [2.45, 2.75) is 32.7 Å². The van der Waals surface area contributed by atoms with Gasteiger partial charge in [-0.05, 0) is 19.0 Å². The van der Waals surface area contributed by atoms with Crippen LogP contribution in [0.4, 0.5) is 0 Å². The molecule has 1 aromatic heterocycles. The van der Waals surface area contributed by atoms with Crippen molar-refractivity contribution in [2.75, 3.05) is 19.6 Å². The number of esters is 2. The van der Waals surface area contributed by atoms with Crippen LogP contribution in [0.1, 0.15) is 26.3 Å². The maximum Gasteiger partial charge on any atom is 0.362 e. The van der Waals surface area contributed by atoms with Crippen molar-refractivity contribution in [3.8, 4) is 17.2 Å². The molecule has 2 rings (SSSR count). The summed E-state index contributed by atoms with van der Waals surface area (Å²) in [6.07, 6.45) is -1.62. The summed E-state index contributed by atoms with van der Waals surface area (Å²) in [4.78, 5) is 56.3. The zero-order valence-corrected chi connectivity index (χ0v) is 19.2. The normalized spacial score (nSPS) is 11.5. The predicted octanol–water partition coefficient (Wildman–Crippen LogP) is 1.40. The molecule has 0 bridgehead atoms. The predicted molar refractivity (Wildman–Crippen MR) is 113 cm³/mol. The first-order valence-electron chi connectivity index (χ1n) is 9.88. The Morgan fingerprint density at radius 3 is 2.15 bits per heavy atom. The third-order valence-electron chi connectivity index (χ3n) is 4.24. The summed E-state index contributed by atoms with van der Waals surface area (Å²) in [5.74, 6) is -3.24. The molecule has 180 valence electrons. The van der Waals surface area contributed by atoms with Gasteiger partial charge < -0.3 is 33.8 Å². The molecule has 12 nitrogen and oxygen atoms in total. The molecule has 0 aliphatic rings. The van der Waals surface area contributed by atoms with E-state index in [9.17, 15) is 28.7 Å². The van der Waals surface area contributed by atoms with Gasteiger partial charge in [0.25, 0.3) is 5.88 Å². The molecule has 33 heavy (non-hydrogen) atoms. The SMILES string of the molecule is CCOC(=O)C(Cc1c(OCP(=O)(O)O)noc1-c1ccccc1)(NC(C)=O)C(=O)OCC. The minimum Gasteiger partial charge on any atom is -0.464 e. The highest BCUT2D eigenvalue weighted by atomic mass is 31.2. The number of carbonyl (C=O) groups is 3. The van der Waals surface area contributed by atoms with E-state index in [1.807, 2.05) is 0 Å². The molecule has 2 aromatic rings. The number of aromatic nitrogens is 1. The molecule has 0 atom stereocenters. The molecule has 13 heteroatoms. The number of nitrogens with one attached hydrogen (secondary N) is 1. The third-order valence-corrected chi connectivity index (χ3v) is 4.70. The summed E-state index contributed by atoms with van der Waals surface area (Å²) in [5, 5.41) is 6.02. The van der Waals surface area contributed by atoms with Crippen LogP contribution in [0.2, 0.25) is 0 Å². The van der Waals surface area contributed by atoms with E-state index in [-0.39, 0.29) is 30.4 Å². The summed E-state index contributed by atoms with van der Waals surface area (Å²) in [7, 11) is -4.60. The van der Waals surface area contributed by atoms with Gasteiger partial charge in [-0.2, -0.15) is 0 Å². The fourth-order valence-corrected chi connectivity index (χ4v) is 3.26. The van der Waals surface area contributed by atoms with Gasteiger partial charge in [-0.25, -0.2) is 9.59 Å². The molecule has 0 fully saturated rings. The van der Waals surface area contributed by atoms with Crippen LogP contribution in [0.15, 0.2) is 34.9 Å². The Morgan fingerprint density at radius 1 is 1.09 bits per heavy atom. The van der Waals surface area contributed by atoms with Crippen molar-refractivity contribution in [3.05, 3.63) is 35.9 Å². The number of nitrogens with zero attached hydrogens (tertiary/aromatic N) is 1. The smallest absolute Gasteiger partial charge is 0.362 e. The maximum atomic E-state index is 13.0. The van der Waals surface area contributed by atoms with E-state index < -0.39 is 43.7 Å². The summed E-state index contributed by atoms with van der Waals surface area (Å²) < 4.78 is 31.9. The van der Waals surface area contributed by atoms with Gasteiger partial charge in [0.15, 0.2) is 12.1 Å². The van der Waals surface area contributed by atoms with Crippen LogP contribution in [0, 0.1) is 0 Å². The Balaban J connectivity index is 2.68. The van der Waals surface area contributed by atoms with Crippen LogP contribution >= 0.6 is 7.60 Å². The van der Waals surface area contributed by atoms with Gasteiger partial charge in [0.05, 0.1) is 18.8 Å². The fraction of sp³-hybridized carbons (Fsp3) is 0.400. The van der Waals surface area contributed by atoms with E-state index in [4.69, 9.17) is 18.7 Å². The van der Waals surface area contributed by atoms with Crippen molar-refractivity contribution < 1.29 is 47.5 Å². The van der Waals surface area contributed by atoms with Gasteiger partial charge in [0, 0.05) is 18.9 Å². The molecule has 0 saturated carbocycles. The van der Waals surface area contributed by atoms with Crippen molar-refractivity contribution in [1.82, 2.24) is 10.5 Å². The molecule has 1 aromatic carbocycles. The molecule has 0 radical (unpaired) electrons. The standard InChI is InChI=1S/C20H25N2O10P/c1-4-29-18(24)20(21-13(3)23,19(25)30-5-2)11-15-16(14-9-7-6-8-10-14)32-22-17(15)31-12-33(26,27)28/h6-10H,4-5,11-12H2,1-3H3,(H,21,23)(H2,26,27,28). The molecule has 3 N–H and O–H groups in total. The second kappa shape index (κ2) is 11.1. The lowest BCUT2D eigenvalue weighted by Gasteiger charge is -2.29. The van der Waals surface area contributed by atoms with Crippen LogP contribution in [-0.2, 0) is 34.8 Å². The lowest BCUT2D eigenvalue weighted by atomic mass is 9.89. The van der Waals surface area contributed by atoms with E-state index in [1.165, 1.54) is 13.8 Å². The van der Waals surface area contributed by atoms with E-state index in [0.29, 0.717) is 5.56 Å². The Bertz CT molecular complexity index is 1010. The molecular formula is C20H25N2O10P. The van der Waals surface area contributed by atoms with Crippen LogP contribution in [0.3, 0.4) is 0 Å². The second-order valence-electron chi connectivity index (χ2n) is 6.80. The van der Waals surface area contributed by atoms with Gasteiger partial charge in [0.2, 0.25) is 11.4 Å². The van der Waals surface area contributed by atoms with Gasteiger partial charge in [0.1, 0.15) is 0 Å². The van der Waals surface area contributed by atoms with Crippen LogP contribution in [0.25, 0.3) is 11.3 Å². The van der Waals surface area contributed by atoms with Gasteiger partial charge in [-0.3, -0.25) is 9.36 Å². The monoisotopic (exact) mass is 484 g/mol. The van der Waals surface area contributed by atoms with Crippen molar-refractivity contribution in [1.29, 1.82) is 0 Å². The largest absolute Gasteiger partial charge is 0.464 e. The second-order valence-corrected chi connectivity index (χ2v) is 8.39. The first kappa shape index (κ1) is 26.0. The van der Waals surface area contributed by atoms with Crippen molar-refractivity contribution in [3.63, 3.8) is 0 Å². The van der Waals surface area contributed by atoms with Crippen LogP contribution in [-0.4, -0.2) is 57.9 Å². The molecule has 0 saturated heterocycles. The summed E-state index contributed by atoms with van der Waals surface area (Å²) in [5.41, 5.74) is -1.88. The van der Waals surface area contributed by atoms with Gasteiger partial charge in [-0.15, -0.1) is 0 Å². The lowest BCUT2D eigenvalue weighted by molar-refractivity contribution is -0.168. The van der Waals surface area contributed by atoms with E-state index in [1.54, 1.807) is 30.3 Å². The first-order valence-corrected chi connectivity index (χ1v) is 11.7. The van der Waals surface area contributed by atoms with E-state index >= 15 is 0 Å². The Hall–Kier alpha value is -3.21. The molecular weight excluding hydrogens is 459 g/mol. The maximum absolute atomic E-state index is 13.0. The number of hydrogen-bond donors (Lipinski definition) is 3. The highest BCUT2D eigenvalue weighted by Gasteiger charge is 2.52. The first-order chi connectivity index (χ1) is 15.5. The van der Waals surface area contributed by atoms with Crippen molar-refractivity contribution in [2.24, 2.45) is 0 Å². The highest BCUT2D eigenvalue weighted by molar-refractivity contribution is 7.51. The molecule has 1 heterocycles. The van der Waals surface area contributed by atoms with E-state index in [2.05, 4.69) is 10.5 Å². The van der Waals surface area contributed by atoms with Gasteiger partial charge in [-0.1, -0.05) is 30.3 Å². The summed E-state index contributed by atoms with van der Waals surface area (Å²) in [6, 6.07) is 8.41. The topological polar surface area (TPSA) is 174 Å². The Labute approximate surface area is 189 Å². The average Bonchev–Trinajstić information content (AvgIpc) is 3.14. The molecule has 0 unspecified atom stereocenters. The molecule has 1 amide bonds. The minimum atomic E-state index is -4.60. The van der Waals surface area contributed by atoms with Gasteiger partial charge >= 0.3 is 19.5 Å². The van der Waals surface area contributed by atoms with Crippen LogP contribution in [0.5, 0.6) is 5.88 Å². The molecule has 0 aliphatic heterocycles. The number of carbonyl (C=O) groups excluding carboxylic acids is 3. The summed E-state index contributed by atoms with van der Waals surface area (Å²) >= 11 is 0. The number of benzene rings is 1. The highest BCUT2D eigenvalue weighted by Crippen LogP contribution is 2.38. The number of hydrogen-bond acceptors (Lipinski definition) is 9. The fourth-order valence-electron chi connectivity index (χ4n) is 2.97. The lowest BCUT2D eigenvalue weighted by Crippen LogP contribution is -2.62. The number of amides is 1. The van der Waals surface area contributed by atoms with Crippen molar-refractivity contribution >= 4 is 25.4 Å². The molecule has 0 aliphatic carbocycles. The Kier molecular flexibility index (Phi) is 8.75. The average molecular weight is 484 g/mol. The molecule has 0 spiro atoms. The van der Waals surface area contributed by atoms with Crippen LogP contribution < -0.4 is 10.1 Å². The zero-order valence-electron chi connectivity index (χ0n) is 18.3. The number of rotatable bonds is 11. The summed E-state index contributed by atoms with van der Waals surface area (Å²) in [6.45, 7) is 3.94. The Morgan fingerprint density at radius 2 is 1.67 bits per heavy atom. The third kappa shape index (κ3) is 6.64. The zero-order chi connectivity index (χ0) is 24.6.